The summed E-state index contributed by atoms with van der Waals surface area (Å²) in [6.07, 6.45) is 3.84. The quantitative estimate of drug-likeness (QED) is 0.636. The Labute approximate surface area is 159 Å². The van der Waals surface area contributed by atoms with Crippen LogP contribution in [-0.2, 0) is 22.0 Å². The topological polar surface area (TPSA) is 93.5 Å². The molecule has 6 nitrogen and oxygen atoms in total. The first-order valence-electron chi connectivity index (χ1n) is 8.35. The molecule has 0 spiro atoms. The van der Waals surface area contributed by atoms with Gasteiger partial charge in [0.25, 0.3) is 0 Å². The molecule has 2 heterocycles. The Balaban J connectivity index is 1.63. The molecule has 1 aromatic carbocycles. The minimum atomic E-state index is -1.42. The maximum absolute atomic E-state index is 11.5. The average Bonchev–Trinajstić information content (AvgIpc) is 3.22. The van der Waals surface area contributed by atoms with Gasteiger partial charge in [0.15, 0.2) is 0 Å². The molecule has 0 aliphatic carbocycles. The summed E-state index contributed by atoms with van der Waals surface area (Å²) in [5.74, 6) is 1.41. The molecule has 1 unspecified atom stereocenters. The predicted octanol–water partition coefficient (Wildman–Crippen LogP) is 3.68. The van der Waals surface area contributed by atoms with E-state index in [0.29, 0.717) is 18.1 Å². The number of nitrogens with zero attached hydrogens (tertiary/aromatic N) is 1. The number of carboxylic acids is 1. The summed E-state index contributed by atoms with van der Waals surface area (Å²) in [5.41, 5.74) is 1.73. The molecule has 0 saturated carbocycles. The second kappa shape index (κ2) is 8.64. The molecule has 3 rings (SSSR count). The Bertz CT molecular complexity index is 971. The summed E-state index contributed by atoms with van der Waals surface area (Å²) in [6.45, 7) is 1.87. The van der Waals surface area contributed by atoms with Crippen LogP contribution >= 0.6 is 0 Å². The summed E-state index contributed by atoms with van der Waals surface area (Å²) in [7, 11) is -1.42. The number of hydrogen-bond donors (Lipinski definition) is 1. The standard InChI is InChI=1S/C20H19NO5S/c1-14-18(21-20(25-14)15-6-3-2-4-7-15)12-17-10-9-16(26-17)8-5-11-27(24)13-19(22)23/h2-10H,11-13H2,1H3,(H,22,23)/b8-5+. The number of carbonyl (C=O) groups is 1. The highest BCUT2D eigenvalue weighted by molar-refractivity contribution is 7.85. The number of aryl methyl sites for hydroxylation is 1. The van der Waals surface area contributed by atoms with Crippen LogP contribution < -0.4 is 0 Å². The molecule has 2 aromatic heterocycles. The van der Waals surface area contributed by atoms with Gasteiger partial charge in [0.2, 0.25) is 5.89 Å². The Hall–Kier alpha value is -2.93. The van der Waals surface area contributed by atoms with Crippen molar-refractivity contribution < 1.29 is 22.9 Å². The number of oxazole rings is 1. The fourth-order valence-corrected chi connectivity index (χ4v) is 3.21. The number of aromatic nitrogens is 1. The second-order valence-electron chi connectivity index (χ2n) is 5.92. The molecule has 0 aliphatic rings. The molecule has 0 radical (unpaired) electrons. The van der Waals surface area contributed by atoms with Gasteiger partial charge in [-0.25, -0.2) is 4.98 Å². The normalized spacial score (nSPS) is 12.5. The molecule has 0 amide bonds. The Morgan fingerprint density at radius 3 is 2.70 bits per heavy atom. The lowest BCUT2D eigenvalue weighted by Gasteiger charge is -1.94. The Kier molecular flexibility index (Phi) is 6.03. The first-order valence-corrected chi connectivity index (χ1v) is 9.84. The molecule has 0 bridgehead atoms. The van der Waals surface area contributed by atoms with Crippen LogP contribution in [0.3, 0.4) is 0 Å². The SMILES string of the molecule is Cc1oc(-c2ccccc2)nc1Cc1ccc(/C=C/CS(=O)CC(=O)O)o1. The van der Waals surface area contributed by atoms with Gasteiger partial charge < -0.3 is 13.9 Å². The monoisotopic (exact) mass is 385 g/mol. The molecule has 0 aliphatic heterocycles. The molecule has 0 saturated heterocycles. The molecule has 27 heavy (non-hydrogen) atoms. The van der Waals surface area contributed by atoms with Gasteiger partial charge in [-0.1, -0.05) is 24.3 Å². The van der Waals surface area contributed by atoms with E-state index in [4.69, 9.17) is 13.9 Å². The number of rotatable bonds is 8. The highest BCUT2D eigenvalue weighted by Crippen LogP contribution is 2.23. The molecular weight excluding hydrogens is 366 g/mol. The summed E-state index contributed by atoms with van der Waals surface area (Å²) >= 11 is 0. The lowest BCUT2D eigenvalue weighted by molar-refractivity contribution is -0.133. The van der Waals surface area contributed by atoms with Gasteiger partial charge in [0.1, 0.15) is 23.0 Å². The van der Waals surface area contributed by atoms with Gasteiger partial charge in [0, 0.05) is 22.1 Å². The van der Waals surface area contributed by atoms with Crippen molar-refractivity contribution in [3.63, 3.8) is 0 Å². The zero-order chi connectivity index (χ0) is 19.2. The summed E-state index contributed by atoms with van der Waals surface area (Å²) < 4.78 is 23.0. The Morgan fingerprint density at radius 1 is 1.19 bits per heavy atom. The highest BCUT2D eigenvalue weighted by atomic mass is 32.2. The molecule has 1 atom stereocenters. The van der Waals surface area contributed by atoms with Crippen LogP contribution in [0.15, 0.2) is 57.4 Å². The van der Waals surface area contributed by atoms with Gasteiger partial charge in [-0.15, -0.1) is 0 Å². The van der Waals surface area contributed by atoms with Crippen LogP contribution in [0.1, 0.15) is 23.0 Å². The molecular formula is C20H19NO5S. The van der Waals surface area contributed by atoms with Crippen molar-refractivity contribution in [3.8, 4) is 11.5 Å². The van der Waals surface area contributed by atoms with E-state index < -0.39 is 16.8 Å². The van der Waals surface area contributed by atoms with Crippen molar-refractivity contribution in [3.05, 3.63) is 71.5 Å². The van der Waals surface area contributed by atoms with Crippen LogP contribution in [-0.4, -0.2) is 31.8 Å². The smallest absolute Gasteiger partial charge is 0.316 e. The number of carboxylic acid groups (broad SMARTS) is 1. The number of aliphatic carboxylic acids is 1. The van der Waals surface area contributed by atoms with Crippen molar-refractivity contribution in [1.29, 1.82) is 0 Å². The van der Waals surface area contributed by atoms with E-state index in [2.05, 4.69) is 4.98 Å². The lowest BCUT2D eigenvalue weighted by atomic mass is 10.2. The highest BCUT2D eigenvalue weighted by Gasteiger charge is 2.13. The minimum absolute atomic E-state index is 0.172. The molecule has 0 fully saturated rings. The first kappa shape index (κ1) is 18.8. The number of furan rings is 1. The van der Waals surface area contributed by atoms with Gasteiger partial charge >= 0.3 is 5.97 Å². The third-order valence-corrected chi connectivity index (χ3v) is 4.92. The van der Waals surface area contributed by atoms with Crippen molar-refractivity contribution in [1.82, 2.24) is 4.98 Å². The van der Waals surface area contributed by atoms with Crippen LogP contribution in [0.4, 0.5) is 0 Å². The van der Waals surface area contributed by atoms with E-state index in [9.17, 15) is 9.00 Å². The fraction of sp³-hybridized carbons (Fsp3) is 0.200. The summed E-state index contributed by atoms with van der Waals surface area (Å²) in [6, 6.07) is 13.4. The molecule has 1 N–H and O–H groups in total. The van der Waals surface area contributed by atoms with E-state index in [-0.39, 0.29) is 11.5 Å². The average molecular weight is 385 g/mol. The third-order valence-electron chi connectivity index (χ3n) is 3.79. The summed E-state index contributed by atoms with van der Waals surface area (Å²) in [4.78, 5) is 15.0. The third kappa shape index (κ3) is 5.27. The van der Waals surface area contributed by atoms with Crippen molar-refractivity contribution in [2.45, 2.75) is 13.3 Å². The molecule has 7 heteroatoms. The summed E-state index contributed by atoms with van der Waals surface area (Å²) in [5, 5.41) is 8.59. The molecule has 3 aromatic rings. The predicted molar refractivity (Wildman–Crippen MR) is 103 cm³/mol. The van der Waals surface area contributed by atoms with E-state index in [1.165, 1.54) is 0 Å². The van der Waals surface area contributed by atoms with Crippen molar-refractivity contribution in [2.24, 2.45) is 0 Å². The van der Waals surface area contributed by atoms with Crippen LogP contribution in [0.5, 0.6) is 0 Å². The van der Waals surface area contributed by atoms with Gasteiger partial charge in [-0.2, -0.15) is 0 Å². The maximum atomic E-state index is 11.5. The zero-order valence-corrected chi connectivity index (χ0v) is 15.6. The lowest BCUT2D eigenvalue weighted by Crippen LogP contribution is -2.10. The zero-order valence-electron chi connectivity index (χ0n) is 14.8. The van der Waals surface area contributed by atoms with Crippen molar-refractivity contribution >= 4 is 22.8 Å². The second-order valence-corrected chi connectivity index (χ2v) is 7.42. The van der Waals surface area contributed by atoms with E-state index in [1.807, 2.05) is 43.3 Å². The van der Waals surface area contributed by atoms with Crippen LogP contribution in [0.25, 0.3) is 17.5 Å². The number of benzene rings is 1. The minimum Gasteiger partial charge on any atom is -0.481 e. The van der Waals surface area contributed by atoms with E-state index in [0.717, 1.165) is 22.8 Å². The van der Waals surface area contributed by atoms with E-state index >= 15 is 0 Å². The fourth-order valence-electron chi connectivity index (χ4n) is 2.51. The maximum Gasteiger partial charge on any atom is 0.316 e. The van der Waals surface area contributed by atoms with Gasteiger partial charge in [0.05, 0.1) is 12.1 Å². The van der Waals surface area contributed by atoms with Crippen LogP contribution in [0, 0.1) is 6.92 Å². The van der Waals surface area contributed by atoms with Gasteiger partial charge in [-0.3, -0.25) is 9.00 Å². The largest absolute Gasteiger partial charge is 0.481 e. The molecule has 140 valence electrons. The van der Waals surface area contributed by atoms with E-state index in [1.54, 1.807) is 18.2 Å². The van der Waals surface area contributed by atoms with Crippen LogP contribution in [0.2, 0.25) is 0 Å². The first-order chi connectivity index (χ1) is 13.0. The van der Waals surface area contributed by atoms with Gasteiger partial charge in [-0.05, 0) is 37.3 Å². The van der Waals surface area contributed by atoms with Crippen molar-refractivity contribution in [2.75, 3.05) is 11.5 Å². The Morgan fingerprint density at radius 2 is 1.96 bits per heavy atom. The number of hydrogen-bond acceptors (Lipinski definition) is 5.